The van der Waals surface area contributed by atoms with Crippen LogP contribution in [0.1, 0.15) is 12.0 Å². The Bertz CT molecular complexity index is 299. The summed E-state index contributed by atoms with van der Waals surface area (Å²) >= 11 is 5.81. The maximum Gasteiger partial charge on any atom is 0.180 e. The molecule has 0 aliphatic carbocycles. The smallest absolute Gasteiger partial charge is 0.180 e. The summed E-state index contributed by atoms with van der Waals surface area (Å²) in [5, 5.41) is 8.02. The van der Waals surface area contributed by atoms with Crippen LogP contribution in [0.25, 0.3) is 0 Å². The molecule has 0 radical (unpaired) electrons. The number of nitrogens with one attached hydrogen (secondary N) is 1. The zero-order valence-corrected chi connectivity index (χ0v) is 8.27. The largest absolute Gasteiger partial charge is 0.484 e. The van der Waals surface area contributed by atoms with Crippen molar-refractivity contribution in [2.24, 2.45) is 0 Å². The topological polar surface area (TPSA) is 33.1 Å². The molecule has 13 heavy (non-hydrogen) atoms. The van der Waals surface area contributed by atoms with Gasteiger partial charge in [-0.1, -0.05) is 23.7 Å². The zero-order valence-electron chi connectivity index (χ0n) is 7.51. The Kier molecular flexibility index (Phi) is 3.77. The van der Waals surface area contributed by atoms with Gasteiger partial charge in [0.15, 0.2) is 5.90 Å². The third-order valence-electron chi connectivity index (χ3n) is 1.78. The minimum absolute atomic E-state index is 0.306. The first-order chi connectivity index (χ1) is 6.22. The van der Waals surface area contributed by atoms with Crippen LogP contribution >= 0.6 is 11.6 Å². The summed E-state index contributed by atoms with van der Waals surface area (Å²) in [5.74, 6) is 0.306. The molecule has 0 aromatic heterocycles. The van der Waals surface area contributed by atoms with Crippen LogP contribution in [0, 0.1) is 5.41 Å². The molecule has 1 aromatic rings. The Hall–Kier alpha value is -1.02. The minimum atomic E-state index is 0.306. The van der Waals surface area contributed by atoms with E-state index >= 15 is 0 Å². The number of hydrogen-bond acceptors (Lipinski definition) is 2. The van der Waals surface area contributed by atoms with Crippen molar-refractivity contribution in [3.05, 3.63) is 34.9 Å². The van der Waals surface area contributed by atoms with Crippen LogP contribution in [0.4, 0.5) is 0 Å². The Morgan fingerprint density at radius 1 is 1.54 bits per heavy atom. The SMILES string of the molecule is COC(=N)CCc1cccc(Cl)c1. The molecule has 0 aliphatic rings. The Labute approximate surface area is 83.0 Å². The molecule has 0 aliphatic heterocycles. The van der Waals surface area contributed by atoms with Crippen LogP contribution in [0.15, 0.2) is 24.3 Å². The normalized spacial score (nSPS) is 9.69. The molecule has 0 saturated carbocycles. The fraction of sp³-hybridized carbons (Fsp3) is 0.300. The summed E-state index contributed by atoms with van der Waals surface area (Å²) < 4.78 is 4.75. The number of halogens is 1. The Morgan fingerprint density at radius 3 is 2.92 bits per heavy atom. The average Bonchev–Trinajstić information content (AvgIpc) is 2.14. The van der Waals surface area contributed by atoms with Crippen molar-refractivity contribution in [1.82, 2.24) is 0 Å². The summed E-state index contributed by atoms with van der Waals surface area (Å²) in [6.07, 6.45) is 1.42. The van der Waals surface area contributed by atoms with Gasteiger partial charge in [-0.25, -0.2) is 0 Å². The lowest BCUT2D eigenvalue weighted by molar-refractivity contribution is 0.386. The molecule has 2 nitrogen and oxygen atoms in total. The van der Waals surface area contributed by atoms with Crippen molar-refractivity contribution in [3.63, 3.8) is 0 Å². The molecule has 0 atom stereocenters. The van der Waals surface area contributed by atoms with Gasteiger partial charge in [-0.05, 0) is 24.1 Å². The molecule has 0 spiro atoms. The fourth-order valence-corrected chi connectivity index (χ4v) is 1.27. The molecule has 0 fully saturated rings. The van der Waals surface area contributed by atoms with E-state index in [-0.39, 0.29) is 0 Å². The van der Waals surface area contributed by atoms with Crippen LogP contribution in [-0.4, -0.2) is 13.0 Å². The van der Waals surface area contributed by atoms with Crippen LogP contribution in [0.2, 0.25) is 5.02 Å². The average molecular weight is 198 g/mol. The highest BCUT2D eigenvalue weighted by Crippen LogP contribution is 2.12. The number of methoxy groups -OCH3 is 1. The summed E-state index contributed by atoms with van der Waals surface area (Å²) in [7, 11) is 1.51. The summed E-state index contributed by atoms with van der Waals surface area (Å²) in [6, 6.07) is 7.65. The first-order valence-corrected chi connectivity index (χ1v) is 4.46. The first kappa shape index (κ1) is 10.1. The van der Waals surface area contributed by atoms with E-state index in [9.17, 15) is 0 Å². The summed E-state index contributed by atoms with van der Waals surface area (Å²) in [6.45, 7) is 0. The maximum atomic E-state index is 7.29. The lowest BCUT2D eigenvalue weighted by Gasteiger charge is -2.02. The molecule has 0 amide bonds. The highest BCUT2D eigenvalue weighted by molar-refractivity contribution is 6.30. The lowest BCUT2D eigenvalue weighted by Crippen LogP contribution is -2.00. The van der Waals surface area contributed by atoms with Gasteiger partial charge in [0, 0.05) is 11.4 Å². The molecule has 1 rings (SSSR count). The van der Waals surface area contributed by atoms with Crippen molar-refractivity contribution >= 4 is 17.5 Å². The molecule has 0 saturated heterocycles. The second-order valence-electron chi connectivity index (χ2n) is 2.76. The van der Waals surface area contributed by atoms with Gasteiger partial charge >= 0.3 is 0 Å². The molecular formula is C10H12ClNO. The van der Waals surface area contributed by atoms with Crippen LogP contribution in [0.3, 0.4) is 0 Å². The second-order valence-corrected chi connectivity index (χ2v) is 3.19. The lowest BCUT2D eigenvalue weighted by atomic mass is 10.1. The first-order valence-electron chi connectivity index (χ1n) is 4.08. The van der Waals surface area contributed by atoms with E-state index in [1.54, 1.807) is 0 Å². The molecule has 70 valence electrons. The molecule has 3 heteroatoms. The van der Waals surface area contributed by atoms with Gasteiger partial charge in [-0.15, -0.1) is 0 Å². The number of aryl methyl sites for hydroxylation is 1. The zero-order chi connectivity index (χ0) is 9.68. The summed E-state index contributed by atoms with van der Waals surface area (Å²) in [5.41, 5.74) is 1.13. The quantitative estimate of drug-likeness (QED) is 0.587. The van der Waals surface area contributed by atoms with Gasteiger partial charge in [0.25, 0.3) is 0 Å². The van der Waals surface area contributed by atoms with E-state index in [0.717, 1.165) is 17.0 Å². The van der Waals surface area contributed by atoms with E-state index in [1.807, 2.05) is 24.3 Å². The van der Waals surface area contributed by atoms with Crippen molar-refractivity contribution < 1.29 is 4.74 Å². The van der Waals surface area contributed by atoms with Crippen LogP contribution in [-0.2, 0) is 11.2 Å². The van der Waals surface area contributed by atoms with E-state index < -0.39 is 0 Å². The number of rotatable bonds is 3. The van der Waals surface area contributed by atoms with Gasteiger partial charge in [0.05, 0.1) is 7.11 Å². The van der Waals surface area contributed by atoms with Crippen molar-refractivity contribution in [1.29, 1.82) is 5.41 Å². The maximum absolute atomic E-state index is 7.29. The summed E-state index contributed by atoms with van der Waals surface area (Å²) in [4.78, 5) is 0. The van der Waals surface area contributed by atoms with E-state index in [0.29, 0.717) is 12.3 Å². The van der Waals surface area contributed by atoms with Crippen molar-refractivity contribution in [3.8, 4) is 0 Å². The van der Waals surface area contributed by atoms with Crippen molar-refractivity contribution in [2.75, 3.05) is 7.11 Å². The highest BCUT2D eigenvalue weighted by Gasteiger charge is 1.98. The van der Waals surface area contributed by atoms with Gasteiger partial charge in [-0.2, -0.15) is 0 Å². The molecule has 1 aromatic carbocycles. The molecule has 0 heterocycles. The predicted molar refractivity (Wildman–Crippen MR) is 54.5 cm³/mol. The minimum Gasteiger partial charge on any atom is -0.484 e. The molecule has 0 bridgehead atoms. The number of hydrogen-bond donors (Lipinski definition) is 1. The standard InChI is InChI=1S/C10H12ClNO/c1-13-10(12)6-5-8-3-2-4-9(11)7-8/h2-4,7,12H,5-6H2,1H3. The van der Waals surface area contributed by atoms with E-state index in [4.69, 9.17) is 21.7 Å². The van der Waals surface area contributed by atoms with E-state index in [1.165, 1.54) is 7.11 Å². The van der Waals surface area contributed by atoms with Crippen LogP contribution in [0.5, 0.6) is 0 Å². The van der Waals surface area contributed by atoms with Gasteiger partial charge in [0.2, 0.25) is 0 Å². The van der Waals surface area contributed by atoms with Crippen molar-refractivity contribution in [2.45, 2.75) is 12.8 Å². The Balaban J connectivity index is 2.50. The second kappa shape index (κ2) is 4.87. The number of benzene rings is 1. The van der Waals surface area contributed by atoms with Gasteiger partial charge in [0.1, 0.15) is 0 Å². The van der Waals surface area contributed by atoms with Gasteiger partial charge in [-0.3, -0.25) is 5.41 Å². The van der Waals surface area contributed by atoms with Gasteiger partial charge < -0.3 is 4.74 Å². The number of ether oxygens (including phenoxy) is 1. The Morgan fingerprint density at radius 2 is 2.31 bits per heavy atom. The molecular weight excluding hydrogens is 186 g/mol. The molecule has 1 N–H and O–H groups in total. The predicted octanol–water partition coefficient (Wildman–Crippen LogP) is 2.90. The van der Waals surface area contributed by atoms with E-state index in [2.05, 4.69) is 0 Å². The van der Waals surface area contributed by atoms with Crippen LogP contribution < -0.4 is 0 Å². The monoisotopic (exact) mass is 197 g/mol. The highest BCUT2D eigenvalue weighted by atomic mass is 35.5. The molecule has 0 unspecified atom stereocenters. The third kappa shape index (κ3) is 3.47. The third-order valence-corrected chi connectivity index (χ3v) is 2.01. The fourth-order valence-electron chi connectivity index (χ4n) is 1.05.